The minimum atomic E-state index is -0.441. The first kappa shape index (κ1) is 21.1. The molecule has 2 unspecified atom stereocenters. The van der Waals surface area contributed by atoms with Crippen molar-refractivity contribution in [3.8, 4) is 0 Å². The van der Waals surface area contributed by atoms with Crippen LogP contribution in [0.3, 0.4) is 0 Å². The quantitative estimate of drug-likeness (QED) is 0.492. The third-order valence-electron chi connectivity index (χ3n) is 5.48. The van der Waals surface area contributed by atoms with E-state index in [0.29, 0.717) is 25.5 Å². The van der Waals surface area contributed by atoms with E-state index in [4.69, 9.17) is 14.2 Å². The van der Waals surface area contributed by atoms with E-state index in [1.54, 1.807) is 19.1 Å². The van der Waals surface area contributed by atoms with Crippen LogP contribution in [0.1, 0.15) is 51.9 Å². The fraction of sp³-hybridized carbons (Fsp3) is 0.895. The first-order valence-electron chi connectivity index (χ1n) is 9.82. The summed E-state index contributed by atoms with van der Waals surface area (Å²) in [6.45, 7) is 3.15. The Morgan fingerprint density at radius 2 is 1.77 bits per heavy atom. The van der Waals surface area contributed by atoms with E-state index in [9.17, 15) is 9.59 Å². The van der Waals surface area contributed by atoms with Crippen LogP contribution < -0.4 is 5.32 Å². The van der Waals surface area contributed by atoms with Gasteiger partial charge in [0.1, 0.15) is 6.04 Å². The van der Waals surface area contributed by atoms with Gasteiger partial charge in [-0.05, 0) is 38.5 Å². The highest BCUT2D eigenvalue weighted by molar-refractivity contribution is 5.86. The summed E-state index contributed by atoms with van der Waals surface area (Å²) < 4.78 is 15.9. The predicted octanol–water partition coefficient (Wildman–Crippen LogP) is 1.70. The molecule has 0 bridgehead atoms. The van der Waals surface area contributed by atoms with Crippen molar-refractivity contribution in [2.75, 3.05) is 33.9 Å². The van der Waals surface area contributed by atoms with Gasteiger partial charge in [0.15, 0.2) is 6.29 Å². The van der Waals surface area contributed by atoms with Crippen LogP contribution in [0.5, 0.6) is 0 Å². The summed E-state index contributed by atoms with van der Waals surface area (Å²) in [6, 6.07) is -0.572. The van der Waals surface area contributed by atoms with Gasteiger partial charge in [-0.1, -0.05) is 19.3 Å². The molecule has 2 fully saturated rings. The highest BCUT2D eigenvalue weighted by atomic mass is 16.7. The van der Waals surface area contributed by atoms with Crippen molar-refractivity contribution in [1.29, 1.82) is 0 Å². The number of likely N-dealkylation sites (tertiary alicyclic amines) is 1. The molecule has 1 amide bonds. The van der Waals surface area contributed by atoms with Crippen LogP contribution in [0.4, 0.5) is 0 Å². The van der Waals surface area contributed by atoms with Crippen LogP contribution in [-0.4, -0.2) is 69.1 Å². The molecule has 1 aliphatic carbocycles. The van der Waals surface area contributed by atoms with E-state index in [0.717, 1.165) is 19.3 Å². The van der Waals surface area contributed by atoms with E-state index in [-0.39, 0.29) is 24.5 Å². The number of nitrogens with zero attached hydrogens (tertiary/aromatic N) is 1. The number of carbonyl (C=O) groups excluding carboxylic acids is 2. The summed E-state index contributed by atoms with van der Waals surface area (Å²) in [5.74, 6) is 0.154. The van der Waals surface area contributed by atoms with Crippen molar-refractivity contribution < 1.29 is 23.8 Å². The highest BCUT2D eigenvalue weighted by Gasteiger charge is 2.35. The molecule has 0 aromatic heterocycles. The molecular formula is C19H34N2O5. The largest absolute Gasteiger partial charge is 0.464 e. The number of hydrogen-bond donors (Lipinski definition) is 1. The lowest BCUT2D eigenvalue weighted by molar-refractivity contribution is -0.155. The average Bonchev–Trinajstić information content (AvgIpc) is 3.16. The molecule has 2 aliphatic rings. The molecule has 0 spiro atoms. The number of carbonyl (C=O) groups is 2. The third kappa shape index (κ3) is 5.93. The van der Waals surface area contributed by atoms with Gasteiger partial charge in [0.05, 0.1) is 19.2 Å². The lowest BCUT2D eigenvalue weighted by atomic mass is 9.90. The Balaban J connectivity index is 1.78. The van der Waals surface area contributed by atoms with Crippen molar-refractivity contribution in [3.63, 3.8) is 0 Å². The molecular weight excluding hydrogens is 336 g/mol. The zero-order valence-corrected chi connectivity index (χ0v) is 16.4. The smallest absolute Gasteiger partial charge is 0.328 e. The standard InChI is InChI=1S/C19H34N2O5/c1-14(19(24-2)25-3)20-12-17(22)21-11-7-10-16(21)18(23)26-13-15-8-5-4-6-9-15/h14-16,19-20H,4-13H2,1-3H3. The Bertz CT molecular complexity index is 449. The lowest BCUT2D eigenvalue weighted by Crippen LogP contribution is -2.49. The van der Waals surface area contributed by atoms with Crippen molar-refractivity contribution in [2.24, 2.45) is 5.92 Å². The van der Waals surface area contributed by atoms with Crippen LogP contribution in [0.2, 0.25) is 0 Å². The summed E-state index contributed by atoms with van der Waals surface area (Å²) >= 11 is 0. The molecule has 1 saturated heterocycles. The Kier molecular flexibility index (Phi) is 8.81. The minimum Gasteiger partial charge on any atom is -0.464 e. The number of amides is 1. The van der Waals surface area contributed by atoms with E-state index in [1.165, 1.54) is 19.3 Å². The summed E-state index contributed by atoms with van der Waals surface area (Å²) in [4.78, 5) is 26.7. The topological polar surface area (TPSA) is 77.1 Å². The average molecular weight is 370 g/mol. The normalized spacial score (nSPS) is 22.6. The van der Waals surface area contributed by atoms with Crippen LogP contribution >= 0.6 is 0 Å². The molecule has 0 aromatic carbocycles. The van der Waals surface area contributed by atoms with Gasteiger partial charge in [0.2, 0.25) is 5.91 Å². The van der Waals surface area contributed by atoms with Gasteiger partial charge in [0, 0.05) is 20.8 Å². The lowest BCUT2D eigenvalue weighted by Gasteiger charge is -2.27. The molecule has 0 aromatic rings. The minimum absolute atomic E-state index is 0.0834. The highest BCUT2D eigenvalue weighted by Crippen LogP contribution is 2.25. The first-order chi connectivity index (χ1) is 12.6. The monoisotopic (exact) mass is 370 g/mol. The molecule has 1 saturated carbocycles. The molecule has 1 aliphatic heterocycles. The number of hydrogen-bond acceptors (Lipinski definition) is 6. The van der Waals surface area contributed by atoms with E-state index in [2.05, 4.69) is 5.32 Å². The van der Waals surface area contributed by atoms with Crippen LogP contribution in [-0.2, 0) is 23.8 Å². The summed E-state index contributed by atoms with van der Waals surface area (Å²) in [5, 5.41) is 3.11. The van der Waals surface area contributed by atoms with Gasteiger partial charge in [-0.25, -0.2) is 4.79 Å². The van der Waals surface area contributed by atoms with Gasteiger partial charge in [0.25, 0.3) is 0 Å². The third-order valence-corrected chi connectivity index (χ3v) is 5.48. The maximum absolute atomic E-state index is 12.5. The molecule has 2 rings (SSSR count). The van der Waals surface area contributed by atoms with E-state index >= 15 is 0 Å². The maximum atomic E-state index is 12.5. The van der Waals surface area contributed by atoms with Crippen molar-refractivity contribution in [3.05, 3.63) is 0 Å². The fourth-order valence-electron chi connectivity index (χ4n) is 3.91. The van der Waals surface area contributed by atoms with Crippen molar-refractivity contribution >= 4 is 11.9 Å². The number of esters is 1. The Labute approximate surface area is 156 Å². The molecule has 1 N–H and O–H groups in total. The van der Waals surface area contributed by atoms with Gasteiger partial charge < -0.3 is 24.4 Å². The van der Waals surface area contributed by atoms with Gasteiger partial charge in [-0.15, -0.1) is 0 Å². The van der Waals surface area contributed by atoms with Crippen molar-refractivity contribution in [1.82, 2.24) is 10.2 Å². The molecule has 0 radical (unpaired) electrons. The number of rotatable bonds is 9. The van der Waals surface area contributed by atoms with E-state index < -0.39 is 12.3 Å². The van der Waals surface area contributed by atoms with Crippen LogP contribution in [0.25, 0.3) is 0 Å². The number of ether oxygens (including phenoxy) is 3. The number of methoxy groups -OCH3 is 2. The Morgan fingerprint density at radius 3 is 2.42 bits per heavy atom. The van der Waals surface area contributed by atoms with Crippen LogP contribution in [0.15, 0.2) is 0 Å². The second-order valence-corrected chi connectivity index (χ2v) is 7.39. The molecule has 7 nitrogen and oxygen atoms in total. The SMILES string of the molecule is COC(OC)C(C)NCC(=O)N1CCCC1C(=O)OCC1CCCCC1. The Hall–Kier alpha value is -1.18. The maximum Gasteiger partial charge on any atom is 0.328 e. The Morgan fingerprint density at radius 1 is 1.08 bits per heavy atom. The van der Waals surface area contributed by atoms with Gasteiger partial charge in [-0.3, -0.25) is 4.79 Å². The molecule has 26 heavy (non-hydrogen) atoms. The van der Waals surface area contributed by atoms with Crippen molar-refractivity contribution in [2.45, 2.75) is 70.2 Å². The number of nitrogens with one attached hydrogen (secondary N) is 1. The van der Waals surface area contributed by atoms with E-state index in [1.807, 2.05) is 6.92 Å². The zero-order valence-electron chi connectivity index (χ0n) is 16.4. The second kappa shape index (κ2) is 10.8. The molecule has 150 valence electrons. The van der Waals surface area contributed by atoms with Crippen LogP contribution in [0, 0.1) is 5.92 Å². The van der Waals surface area contributed by atoms with Gasteiger partial charge in [-0.2, -0.15) is 0 Å². The van der Waals surface area contributed by atoms with Gasteiger partial charge >= 0.3 is 5.97 Å². The molecule has 1 heterocycles. The molecule has 2 atom stereocenters. The second-order valence-electron chi connectivity index (χ2n) is 7.39. The zero-order chi connectivity index (χ0) is 18.9. The summed E-state index contributed by atoms with van der Waals surface area (Å²) in [6.07, 6.45) is 7.12. The first-order valence-corrected chi connectivity index (χ1v) is 9.82. The molecule has 7 heteroatoms. The summed E-state index contributed by atoms with van der Waals surface area (Å²) in [7, 11) is 3.12. The predicted molar refractivity (Wildman–Crippen MR) is 97.5 cm³/mol. The fourth-order valence-corrected chi connectivity index (χ4v) is 3.91. The summed E-state index contributed by atoms with van der Waals surface area (Å²) in [5.41, 5.74) is 0.